The Hall–Kier alpha value is -4.51. The van der Waals surface area contributed by atoms with Crippen LogP contribution in [0.3, 0.4) is 0 Å². The van der Waals surface area contributed by atoms with Crippen LogP contribution >= 0.6 is 0 Å². The number of rotatable bonds is 11. The first kappa shape index (κ1) is 36.8. The molecule has 0 radical (unpaired) electrons. The third-order valence-electron chi connectivity index (χ3n) is 9.00. The van der Waals surface area contributed by atoms with E-state index < -0.39 is 36.3 Å². The molecule has 4 aromatic rings. The van der Waals surface area contributed by atoms with E-state index >= 15 is 0 Å². The van der Waals surface area contributed by atoms with Gasteiger partial charge in [-0.2, -0.15) is 0 Å². The Morgan fingerprint density at radius 2 is 1.54 bits per heavy atom. The Morgan fingerprint density at radius 3 is 2.28 bits per heavy atom. The van der Waals surface area contributed by atoms with Crippen molar-refractivity contribution in [3.8, 4) is 34.1 Å². The molecule has 11 heteroatoms. The molecule has 6 rings (SSSR count). The van der Waals surface area contributed by atoms with E-state index in [1.54, 1.807) is 33.3 Å². The molecular formula is C39H40NNaO9. The first-order valence-corrected chi connectivity index (χ1v) is 16.1. The van der Waals surface area contributed by atoms with Crippen LogP contribution in [0.15, 0.2) is 78.9 Å². The summed E-state index contributed by atoms with van der Waals surface area (Å²) in [6.07, 6.45) is 0.822. The Labute approximate surface area is 313 Å². The van der Waals surface area contributed by atoms with Gasteiger partial charge in [0.05, 0.1) is 32.3 Å². The van der Waals surface area contributed by atoms with E-state index in [0.717, 1.165) is 28.7 Å². The monoisotopic (exact) mass is 689 g/mol. The zero-order valence-electron chi connectivity index (χ0n) is 28.2. The van der Waals surface area contributed by atoms with E-state index in [9.17, 15) is 14.4 Å². The number of amides is 1. The predicted molar refractivity (Wildman–Crippen MR) is 189 cm³/mol. The Balaban J connectivity index is 0.00000486. The number of likely N-dealkylation sites (N-methyl/N-ethyl adjacent to an activating group) is 1. The molecule has 3 unspecified atom stereocenters. The summed E-state index contributed by atoms with van der Waals surface area (Å²) in [4.78, 5) is 41.6. The van der Waals surface area contributed by atoms with Gasteiger partial charge in [0.2, 0.25) is 6.79 Å². The van der Waals surface area contributed by atoms with Crippen molar-refractivity contribution >= 4 is 47.4 Å². The van der Waals surface area contributed by atoms with Crippen molar-refractivity contribution in [3.63, 3.8) is 0 Å². The summed E-state index contributed by atoms with van der Waals surface area (Å²) in [5.74, 6) is -0.868. The second-order valence-electron chi connectivity index (χ2n) is 12.1. The van der Waals surface area contributed by atoms with Gasteiger partial charge in [0.15, 0.2) is 18.1 Å². The number of carbonyl (C=O) groups is 3. The summed E-state index contributed by atoms with van der Waals surface area (Å²) in [7, 11) is 6.14. The normalized spacial score (nSPS) is 16.9. The summed E-state index contributed by atoms with van der Waals surface area (Å²) < 4.78 is 34.1. The molecular weight excluding hydrogens is 649 g/mol. The van der Waals surface area contributed by atoms with Crippen LogP contribution in [0.25, 0.3) is 11.1 Å². The van der Waals surface area contributed by atoms with Crippen molar-refractivity contribution in [2.45, 2.75) is 25.2 Å². The van der Waals surface area contributed by atoms with Crippen molar-refractivity contribution in [3.05, 3.63) is 107 Å². The SMILES string of the molecule is CCCOc1ccc2c(c1)C(c1ccc(OC)cc1-c1ccccc1C(=O)OC)C(C(=O)OCC(=O)N(C)C)C2c1ccc2c(c1)OCO2.[NaH]. The first-order chi connectivity index (χ1) is 23.7. The number of carbonyl (C=O) groups excluding carboxylic acids is 3. The van der Waals surface area contributed by atoms with Gasteiger partial charge in [-0.1, -0.05) is 43.3 Å². The molecule has 3 atom stereocenters. The molecule has 2 aliphatic rings. The van der Waals surface area contributed by atoms with Gasteiger partial charge in [0.25, 0.3) is 5.91 Å². The number of esters is 2. The molecule has 0 N–H and O–H groups in total. The molecule has 0 saturated heterocycles. The Bertz CT molecular complexity index is 1890. The molecule has 1 amide bonds. The minimum absolute atomic E-state index is 0. The van der Waals surface area contributed by atoms with Crippen molar-refractivity contribution in [2.24, 2.45) is 5.92 Å². The molecule has 256 valence electrons. The van der Waals surface area contributed by atoms with E-state index in [2.05, 4.69) is 0 Å². The second-order valence-corrected chi connectivity index (χ2v) is 12.1. The van der Waals surface area contributed by atoms with Gasteiger partial charge >= 0.3 is 41.5 Å². The zero-order chi connectivity index (χ0) is 34.7. The number of ether oxygens (including phenoxy) is 6. The molecule has 10 nitrogen and oxygen atoms in total. The fourth-order valence-electron chi connectivity index (χ4n) is 6.65. The number of nitrogens with zero attached hydrogens (tertiary/aromatic N) is 1. The van der Waals surface area contributed by atoms with Crippen molar-refractivity contribution in [2.75, 3.05) is 48.3 Å². The predicted octanol–water partition coefficient (Wildman–Crippen LogP) is 5.54. The van der Waals surface area contributed by atoms with Gasteiger partial charge in [-0.05, 0) is 82.3 Å². The van der Waals surface area contributed by atoms with Crippen LogP contribution in [0.5, 0.6) is 23.0 Å². The van der Waals surface area contributed by atoms with Gasteiger partial charge in [-0.15, -0.1) is 0 Å². The van der Waals surface area contributed by atoms with Crippen LogP contribution in [0, 0.1) is 5.92 Å². The third-order valence-corrected chi connectivity index (χ3v) is 9.00. The van der Waals surface area contributed by atoms with Crippen LogP contribution < -0.4 is 18.9 Å². The molecule has 0 spiro atoms. The quantitative estimate of drug-likeness (QED) is 0.148. The van der Waals surface area contributed by atoms with Crippen LogP contribution in [0.4, 0.5) is 0 Å². The molecule has 1 aliphatic heterocycles. The van der Waals surface area contributed by atoms with Crippen molar-refractivity contribution in [1.82, 2.24) is 4.90 Å². The zero-order valence-corrected chi connectivity index (χ0v) is 28.2. The van der Waals surface area contributed by atoms with E-state index in [1.807, 2.05) is 73.7 Å². The maximum atomic E-state index is 14.5. The Morgan fingerprint density at radius 1 is 0.800 bits per heavy atom. The molecule has 0 saturated carbocycles. The van der Waals surface area contributed by atoms with Gasteiger partial charge in [-0.25, -0.2) is 4.79 Å². The number of benzene rings is 4. The first-order valence-electron chi connectivity index (χ1n) is 16.1. The third kappa shape index (κ3) is 7.19. The van der Waals surface area contributed by atoms with Crippen LogP contribution in [0.2, 0.25) is 0 Å². The average molecular weight is 690 g/mol. The minimum atomic E-state index is -0.829. The van der Waals surface area contributed by atoms with E-state index in [0.29, 0.717) is 46.3 Å². The average Bonchev–Trinajstić information content (AvgIpc) is 3.74. The molecule has 4 aromatic carbocycles. The van der Waals surface area contributed by atoms with Gasteiger partial charge in [0.1, 0.15) is 11.5 Å². The molecule has 1 heterocycles. The summed E-state index contributed by atoms with van der Waals surface area (Å²) in [5.41, 5.74) is 5.00. The van der Waals surface area contributed by atoms with Crippen LogP contribution in [0.1, 0.15) is 57.8 Å². The molecule has 1 aliphatic carbocycles. The molecule has 0 bridgehead atoms. The fraction of sp³-hybridized carbons (Fsp3) is 0.308. The maximum absolute atomic E-state index is 14.5. The standard InChI is InChI=1S/C39H39NO9.Na.H/c1-6-17-46-25-13-15-28-31(20-25)36(27-14-12-24(44-4)19-30(27)26-9-7-8-10-29(26)38(42)45-5)37(39(43)47-21-34(41)40(2)3)35(28)23-11-16-32-33(18-23)49-22-48-32;;/h7-16,18-20,35-37H,6,17,21-22H2,1-5H3;;. The van der Waals surface area contributed by atoms with Crippen LogP contribution in [-0.2, 0) is 19.1 Å². The number of methoxy groups -OCH3 is 2. The fourth-order valence-corrected chi connectivity index (χ4v) is 6.65. The Kier molecular flexibility index (Phi) is 11.8. The van der Waals surface area contributed by atoms with Crippen molar-refractivity contribution in [1.29, 1.82) is 0 Å². The molecule has 0 fully saturated rings. The topological polar surface area (TPSA) is 110 Å². The number of hydrogen-bond donors (Lipinski definition) is 0. The van der Waals surface area contributed by atoms with Crippen LogP contribution in [-0.4, -0.2) is 101 Å². The molecule has 0 aromatic heterocycles. The van der Waals surface area contributed by atoms with Gasteiger partial charge in [0, 0.05) is 25.9 Å². The van der Waals surface area contributed by atoms with Gasteiger partial charge < -0.3 is 33.3 Å². The summed E-state index contributed by atoms with van der Waals surface area (Å²) in [6.45, 7) is 2.25. The number of hydrogen-bond acceptors (Lipinski definition) is 9. The summed E-state index contributed by atoms with van der Waals surface area (Å²) >= 11 is 0. The summed E-state index contributed by atoms with van der Waals surface area (Å²) in [5, 5.41) is 0. The summed E-state index contributed by atoms with van der Waals surface area (Å²) in [6, 6.07) is 24.3. The van der Waals surface area contributed by atoms with Crippen molar-refractivity contribution < 1.29 is 42.8 Å². The molecule has 50 heavy (non-hydrogen) atoms. The number of fused-ring (bicyclic) bond motifs is 2. The van der Waals surface area contributed by atoms with E-state index in [1.165, 1.54) is 12.0 Å². The second kappa shape index (κ2) is 16.0. The van der Waals surface area contributed by atoms with E-state index in [-0.39, 0.29) is 42.3 Å². The van der Waals surface area contributed by atoms with Gasteiger partial charge in [-0.3, -0.25) is 9.59 Å². The van der Waals surface area contributed by atoms with E-state index in [4.69, 9.17) is 28.4 Å².